The standard InChI is InChI=1S/C17H20N4O4/c1-10-14(11(2)24-20-10)9-23-15-6-5-13(7-16(15)22-4)8-18-17-19-12(3)21-25-17/h5-7H,8-9H2,1-4H3,(H,18,19,21). The van der Waals surface area contributed by atoms with Crippen molar-refractivity contribution in [2.45, 2.75) is 33.9 Å². The highest BCUT2D eigenvalue weighted by Gasteiger charge is 2.12. The summed E-state index contributed by atoms with van der Waals surface area (Å²) in [5.41, 5.74) is 2.77. The van der Waals surface area contributed by atoms with Gasteiger partial charge in [-0.05, 0) is 38.5 Å². The van der Waals surface area contributed by atoms with Gasteiger partial charge in [-0.2, -0.15) is 4.98 Å². The van der Waals surface area contributed by atoms with Crippen molar-refractivity contribution in [2.24, 2.45) is 0 Å². The lowest BCUT2D eigenvalue weighted by Gasteiger charge is -2.12. The molecular formula is C17H20N4O4. The van der Waals surface area contributed by atoms with Gasteiger partial charge < -0.3 is 23.8 Å². The molecule has 3 aromatic rings. The van der Waals surface area contributed by atoms with Crippen molar-refractivity contribution >= 4 is 6.01 Å². The van der Waals surface area contributed by atoms with Crippen molar-refractivity contribution in [3.05, 3.63) is 46.6 Å². The van der Waals surface area contributed by atoms with Crippen LogP contribution in [0.2, 0.25) is 0 Å². The molecule has 2 heterocycles. The van der Waals surface area contributed by atoms with Crippen LogP contribution in [0.1, 0.15) is 28.4 Å². The highest BCUT2D eigenvalue weighted by molar-refractivity contribution is 5.44. The molecule has 0 spiro atoms. The maximum absolute atomic E-state index is 5.87. The molecule has 0 radical (unpaired) electrons. The van der Waals surface area contributed by atoms with Crippen LogP contribution in [0.25, 0.3) is 0 Å². The number of nitrogens with zero attached hydrogens (tertiary/aromatic N) is 3. The van der Waals surface area contributed by atoms with E-state index in [0.29, 0.717) is 36.5 Å². The summed E-state index contributed by atoms with van der Waals surface area (Å²) in [5, 5.41) is 10.7. The van der Waals surface area contributed by atoms with Crippen molar-refractivity contribution in [3.63, 3.8) is 0 Å². The SMILES string of the molecule is COc1cc(CNc2nc(C)no2)ccc1OCc1c(C)noc1C. The second-order valence-electron chi connectivity index (χ2n) is 5.58. The maximum Gasteiger partial charge on any atom is 0.321 e. The average Bonchev–Trinajstić information content (AvgIpc) is 3.17. The number of hydrogen-bond donors (Lipinski definition) is 1. The van der Waals surface area contributed by atoms with Gasteiger partial charge >= 0.3 is 6.01 Å². The molecular weight excluding hydrogens is 324 g/mol. The average molecular weight is 344 g/mol. The Kier molecular flexibility index (Phi) is 4.87. The van der Waals surface area contributed by atoms with Crippen LogP contribution in [0, 0.1) is 20.8 Å². The fourth-order valence-corrected chi connectivity index (χ4v) is 2.35. The lowest BCUT2D eigenvalue weighted by Crippen LogP contribution is -2.02. The Labute approximate surface area is 145 Å². The first-order valence-corrected chi connectivity index (χ1v) is 7.82. The first-order chi connectivity index (χ1) is 12.1. The third kappa shape index (κ3) is 3.90. The molecule has 0 aliphatic rings. The molecule has 0 saturated carbocycles. The quantitative estimate of drug-likeness (QED) is 0.698. The van der Waals surface area contributed by atoms with Gasteiger partial charge in [0.2, 0.25) is 0 Å². The smallest absolute Gasteiger partial charge is 0.321 e. The topological polar surface area (TPSA) is 95.4 Å². The van der Waals surface area contributed by atoms with Crippen LogP contribution in [0.5, 0.6) is 11.5 Å². The number of aromatic nitrogens is 3. The van der Waals surface area contributed by atoms with Crippen LogP contribution in [-0.2, 0) is 13.2 Å². The summed E-state index contributed by atoms with van der Waals surface area (Å²) in [6.45, 7) is 6.42. The lowest BCUT2D eigenvalue weighted by atomic mass is 10.2. The van der Waals surface area contributed by atoms with Crippen LogP contribution >= 0.6 is 0 Å². The van der Waals surface area contributed by atoms with Gasteiger partial charge in [0, 0.05) is 6.54 Å². The van der Waals surface area contributed by atoms with E-state index in [1.807, 2.05) is 32.0 Å². The Morgan fingerprint density at radius 2 is 1.92 bits per heavy atom. The first-order valence-electron chi connectivity index (χ1n) is 7.82. The van der Waals surface area contributed by atoms with E-state index in [9.17, 15) is 0 Å². The Morgan fingerprint density at radius 3 is 2.56 bits per heavy atom. The highest BCUT2D eigenvalue weighted by atomic mass is 16.5. The number of aryl methyl sites for hydroxylation is 3. The summed E-state index contributed by atoms with van der Waals surface area (Å²) in [5.74, 6) is 2.64. The van der Waals surface area contributed by atoms with Crippen molar-refractivity contribution in [1.29, 1.82) is 0 Å². The monoisotopic (exact) mass is 344 g/mol. The summed E-state index contributed by atoms with van der Waals surface area (Å²) < 4.78 is 21.5. The highest BCUT2D eigenvalue weighted by Crippen LogP contribution is 2.29. The zero-order chi connectivity index (χ0) is 17.8. The molecule has 8 heteroatoms. The molecule has 0 fully saturated rings. The van der Waals surface area contributed by atoms with E-state index in [1.54, 1.807) is 14.0 Å². The Morgan fingerprint density at radius 1 is 1.08 bits per heavy atom. The molecule has 0 bridgehead atoms. The summed E-state index contributed by atoms with van der Waals surface area (Å²) in [6, 6.07) is 6.10. The fraction of sp³-hybridized carbons (Fsp3) is 0.353. The van der Waals surface area contributed by atoms with E-state index in [2.05, 4.69) is 20.6 Å². The van der Waals surface area contributed by atoms with Crippen LogP contribution < -0.4 is 14.8 Å². The van der Waals surface area contributed by atoms with Gasteiger partial charge in [0.05, 0.1) is 18.4 Å². The third-order valence-electron chi connectivity index (χ3n) is 3.75. The van der Waals surface area contributed by atoms with Gasteiger partial charge in [0.1, 0.15) is 12.4 Å². The van der Waals surface area contributed by atoms with Gasteiger partial charge in [0.25, 0.3) is 0 Å². The molecule has 1 aromatic carbocycles. The number of hydrogen-bond acceptors (Lipinski definition) is 8. The summed E-state index contributed by atoms with van der Waals surface area (Å²) in [6.07, 6.45) is 0. The molecule has 0 aliphatic carbocycles. The summed E-state index contributed by atoms with van der Waals surface area (Å²) in [4.78, 5) is 4.10. The van der Waals surface area contributed by atoms with Gasteiger partial charge in [-0.25, -0.2) is 0 Å². The van der Waals surface area contributed by atoms with Crippen molar-refractivity contribution in [1.82, 2.24) is 15.3 Å². The number of ether oxygens (including phenoxy) is 2. The van der Waals surface area contributed by atoms with Gasteiger partial charge in [-0.3, -0.25) is 0 Å². The molecule has 132 valence electrons. The molecule has 0 aliphatic heterocycles. The fourth-order valence-electron chi connectivity index (χ4n) is 2.35. The van der Waals surface area contributed by atoms with Gasteiger partial charge in [0.15, 0.2) is 17.3 Å². The molecule has 0 unspecified atom stereocenters. The second kappa shape index (κ2) is 7.25. The van der Waals surface area contributed by atoms with E-state index in [0.717, 1.165) is 22.6 Å². The second-order valence-corrected chi connectivity index (χ2v) is 5.58. The minimum atomic E-state index is 0.371. The molecule has 0 atom stereocenters. The molecule has 0 amide bonds. The predicted octanol–water partition coefficient (Wildman–Crippen LogP) is 3.18. The minimum Gasteiger partial charge on any atom is -0.493 e. The van der Waals surface area contributed by atoms with E-state index in [-0.39, 0.29) is 0 Å². The molecule has 3 rings (SSSR count). The zero-order valence-electron chi connectivity index (χ0n) is 14.6. The Bertz CT molecular complexity index is 837. The van der Waals surface area contributed by atoms with Gasteiger partial charge in [-0.1, -0.05) is 16.4 Å². The number of anilines is 1. The van der Waals surface area contributed by atoms with E-state index in [4.69, 9.17) is 18.5 Å². The summed E-state index contributed by atoms with van der Waals surface area (Å²) >= 11 is 0. The minimum absolute atomic E-state index is 0.371. The third-order valence-corrected chi connectivity index (χ3v) is 3.75. The van der Waals surface area contributed by atoms with Crippen LogP contribution in [0.15, 0.2) is 27.2 Å². The number of nitrogens with one attached hydrogen (secondary N) is 1. The van der Waals surface area contributed by atoms with Crippen LogP contribution in [-0.4, -0.2) is 22.4 Å². The molecule has 2 aromatic heterocycles. The first kappa shape index (κ1) is 16.8. The van der Waals surface area contributed by atoms with E-state index >= 15 is 0 Å². The van der Waals surface area contributed by atoms with Crippen LogP contribution in [0.3, 0.4) is 0 Å². The molecule has 1 N–H and O–H groups in total. The van der Waals surface area contributed by atoms with Crippen molar-refractivity contribution in [3.8, 4) is 11.5 Å². The lowest BCUT2D eigenvalue weighted by molar-refractivity contribution is 0.281. The number of benzene rings is 1. The normalized spacial score (nSPS) is 10.7. The van der Waals surface area contributed by atoms with Gasteiger partial charge in [-0.15, -0.1) is 0 Å². The largest absolute Gasteiger partial charge is 0.493 e. The number of rotatable bonds is 7. The van der Waals surface area contributed by atoms with E-state index in [1.165, 1.54) is 0 Å². The predicted molar refractivity (Wildman–Crippen MR) is 89.7 cm³/mol. The maximum atomic E-state index is 5.87. The molecule has 8 nitrogen and oxygen atoms in total. The Balaban J connectivity index is 1.66. The van der Waals surface area contributed by atoms with Crippen molar-refractivity contribution in [2.75, 3.05) is 12.4 Å². The molecule has 0 saturated heterocycles. The number of methoxy groups -OCH3 is 1. The van der Waals surface area contributed by atoms with Crippen molar-refractivity contribution < 1.29 is 18.5 Å². The Hall–Kier alpha value is -3.03. The van der Waals surface area contributed by atoms with Crippen LogP contribution in [0.4, 0.5) is 6.01 Å². The molecule has 25 heavy (non-hydrogen) atoms. The zero-order valence-corrected chi connectivity index (χ0v) is 14.6. The summed E-state index contributed by atoms with van der Waals surface area (Å²) in [7, 11) is 1.61. The van der Waals surface area contributed by atoms with E-state index < -0.39 is 0 Å².